The summed E-state index contributed by atoms with van der Waals surface area (Å²) in [6, 6.07) is 8.40. The zero-order valence-corrected chi connectivity index (χ0v) is 16.1. The minimum Gasteiger partial charge on any atom is -0.392 e. The number of β-amino-alcohol motifs (C(OH)–C–C–N with tert-alkyl or cyclic N) is 1. The minimum absolute atomic E-state index is 0.0615. The molecule has 140 valence electrons. The van der Waals surface area contributed by atoms with Gasteiger partial charge in [-0.3, -0.25) is 4.90 Å². The molecule has 2 N–H and O–H groups in total. The van der Waals surface area contributed by atoms with Crippen molar-refractivity contribution in [2.75, 3.05) is 43.4 Å². The number of carbonyl (C=O) groups excluding carboxylic acids is 1. The Morgan fingerprint density at radius 3 is 2.68 bits per heavy atom. The summed E-state index contributed by atoms with van der Waals surface area (Å²) in [5, 5.41) is 12.6. The normalized spacial score (nSPS) is 19.8. The number of piperazine rings is 1. The number of aliphatic hydroxyl groups excluding tert-OH is 1. The Kier molecular flexibility index (Phi) is 6.67. The molecule has 2 rings (SSSR count). The number of anilines is 2. The Morgan fingerprint density at radius 2 is 2.08 bits per heavy atom. The zero-order chi connectivity index (χ0) is 18.6. The highest BCUT2D eigenvalue weighted by Crippen LogP contribution is 2.21. The van der Waals surface area contributed by atoms with Gasteiger partial charge in [-0.1, -0.05) is 6.07 Å². The molecule has 1 fully saturated rings. The molecule has 1 aliphatic heterocycles. The smallest absolute Gasteiger partial charge is 0.322 e. The standard InChI is InChI=1S/C19H32N4O2/c1-14(2)21(5)18-8-6-7-17(11-18)20-19(25)23-10-9-22(12-15(23)3)13-16(4)24/h6-8,11,14-16,24H,9-10,12-13H2,1-5H3,(H,20,25)/t15-,16-/m0/s1. The number of carbonyl (C=O) groups is 1. The van der Waals surface area contributed by atoms with Crippen LogP contribution in [0.25, 0.3) is 0 Å². The average Bonchev–Trinajstić information content (AvgIpc) is 2.53. The number of rotatable bonds is 5. The van der Waals surface area contributed by atoms with Crippen LogP contribution in [0.2, 0.25) is 0 Å². The maximum Gasteiger partial charge on any atom is 0.322 e. The molecular formula is C19H32N4O2. The highest BCUT2D eigenvalue weighted by molar-refractivity contribution is 5.90. The molecule has 2 atom stereocenters. The van der Waals surface area contributed by atoms with E-state index in [0.29, 0.717) is 19.1 Å². The maximum absolute atomic E-state index is 12.7. The van der Waals surface area contributed by atoms with Gasteiger partial charge >= 0.3 is 6.03 Å². The SMILES string of the molecule is CC(C)N(C)c1cccc(NC(=O)N2CCN(C[C@H](C)O)C[C@@H]2C)c1. The van der Waals surface area contributed by atoms with Crippen LogP contribution in [0.5, 0.6) is 0 Å². The number of benzene rings is 1. The highest BCUT2D eigenvalue weighted by Gasteiger charge is 2.27. The van der Waals surface area contributed by atoms with E-state index in [0.717, 1.165) is 24.5 Å². The van der Waals surface area contributed by atoms with E-state index in [2.05, 4.69) is 42.9 Å². The molecule has 0 unspecified atom stereocenters. The third kappa shape index (κ3) is 5.34. The van der Waals surface area contributed by atoms with E-state index in [-0.39, 0.29) is 18.2 Å². The van der Waals surface area contributed by atoms with Gasteiger partial charge in [0.05, 0.1) is 6.10 Å². The number of urea groups is 1. The van der Waals surface area contributed by atoms with Gasteiger partial charge in [-0.15, -0.1) is 0 Å². The van der Waals surface area contributed by atoms with Crippen molar-refractivity contribution in [3.63, 3.8) is 0 Å². The van der Waals surface area contributed by atoms with E-state index in [1.807, 2.05) is 29.2 Å². The molecule has 1 heterocycles. The first-order valence-electron chi connectivity index (χ1n) is 9.09. The highest BCUT2D eigenvalue weighted by atomic mass is 16.3. The summed E-state index contributed by atoms with van der Waals surface area (Å²) in [4.78, 5) is 18.9. The predicted molar refractivity (Wildman–Crippen MR) is 103 cm³/mol. The molecule has 0 radical (unpaired) electrons. The van der Waals surface area contributed by atoms with Crippen LogP contribution in [0.4, 0.5) is 16.2 Å². The Bertz CT molecular complexity index is 576. The van der Waals surface area contributed by atoms with Crippen molar-refractivity contribution in [1.82, 2.24) is 9.80 Å². The first kappa shape index (κ1) is 19.5. The Labute approximate surface area is 151 Å². The fourth-order valence-corrected chi connectivity index (χ4v) is 3.17. The quantitative estimate of drug-likeness (QED) is 0.858. The van der Waals surface area contributed by atoms with E-state index in [9.17, 15) is 9.90 Å². The van der Waals surface area contributed by atoms with E-state index >= 15 is 0 Å². The number of amides is 2. The van der Waals surface area contributed by atoms with E-state index in [1.54, 1.807) is 6.92 Å². The van der Waals surface area contributed by atoms with Gasteiger partial charge in [0.1, 0.15) is 0 Å². The molecule has 1 saturated heterocycles. The lowest BCUT2D eigenvalue weighted by atomic mass is 10.2. The van der Waals surface area contributed by atoms with E-state index < -0.39 is 0 Å². The van der Waals surface area contributed by atoms with Crippen molar-refractivity contribution in [2.45, 2.75) is 45.9 Å². The monoisotopic (exact) mass is 348 g/mol. The van der Waals surface area contributed by atoms with Gasteiger partial charge in [-0.05, 0) is 45.9 Å². The molecule has 0 spiro atoms. The van der Waals surface area contributed by atoms with Crippen LogP contribution < -0.4 is 10.2 Å². The van der Waals surface area contributed by atoms with Crippen molar-refractivity contribution in [2.24, 2.45) is 0 Å². The van der Waals surface area contributed by atoms with Gasteiger partial charge < -0.3 is 20.2 Å². The molecule has 25 heavy (non-hydrogen) atoms. The van der Waals surface area contributed by atoms with Gasteiger partial charge in [0.2, 0.25) is 0 Å². The summed E-state index contributed by atoms with van der Waals surface area (Å²) in [6.45, 7) is 11.0. The summed E-state index contributed by atoms with van der Waals surface area (Å²) in [7, 11) is 2.05. The van der Waals surface area contributed by atoms with Gasteiger partial charge in [0.15, 0.2) is 0 Å². The molecule has 2 amide bonds. The van der Waals surface area contributed by atoms with Crippen LogP contribution in [0.15, 0.2) is 24.3 Å². The first-order valence-corrected chi connectivity index (χ1v) is 9.09. The molecule has 6 heteroatoms. The number of hydrogen-bond donors (Lipinski definition) is 2. The summed E-state index contributed by atoms with van der Waals surface area (Å²) in [6.07, 6.45) is -0.340. The minimum atomic E-state index is -0.340. The van der Waals surface area contributed by atoms with Crippen molar-refractivity contribution in [1.29, 1.82) is 0 Å². The lowest BCUT2D eigenvalue weighted by Gasteiger charge is -2.40. The van der Waals surface area contributed by atoms with Crippen LogP contribution >= 0.6 is 0 Å². The maximum atomic E-state index is 12.7. The zero-order valence-electron chi connectivity index (χ0n) is 16.1. The van der Waals surface area contributed by atoms with Gasteiger partial charge in [-0.25, -0.2) is 4.79 Å². The molecule has 6 nitrogen and oxygen atoms in total. The molecular weight excluding hydrogens is 316 g/mol. The van der Waals surface area contributed by atoms with E-state index in [1.165, 1.54) is 0 Å². The fraction of sp³-hybridized carbons (Fsp3) is 0.632. The summed E-state index contributed by atoms with van der Waals surface area (Å²) in [5.41, 5.74) is 1.90. The molecule has 0 bridgehead atoms. The average molecular weight is 348 g/mol. The van der Waals surface area contributed by atoms with Crippen molar-refractivity contribution >= 4 is 17.4 Å². The molecule has 0 saturated carbocycles. The lowest BCUT2D eigenvalue weighted by Crippen LogP contribution is -2.56. The van der Waals surface area contributed by atoms with Crippen molar-refractivity contribution in [3.05, 3.63) is 24.3 Å². The fourth-order valence-electron chi connectivity index (χ4n) is 3.17. The summed E-state index contributed by atoms with van der Waals surface area (Å²) < 4.78 is 0. The van der Waals surface area contributed by atoms with E-state index in [4.69, 9.17) is 0 Å². The summed E-state index contributed by atoms with van der Waals surface area (Å²) in [5.74, 6) is 0. The second kappa shape index (κ2) is 8.54. The predicted octanol–water partition coefficient (Wildman–Crippen LogP) is 2.45. The van der Waals surface area contributed by atoms with Crippen molar-refractivity contribution in [3.8, 4) is 0 Å². The Morgan fingerprint density at radius 1 is 1.36 bits per heavy atom. The van der Waals surface area contributed by atoms with Gasteiger partial charge in [-0.2, -0.15) is 0 Å². The Hall–Kier alpha value is -1.79. The van der Waals surface area contributed by atoms with Crippen molar-refractivity contribution < 1.29 is 9.90 Å². The molecule has 1 aliphatic rings. The van der Waals surface area contributed by atoms with Crippen LogP contribution in [0.1, 0.15) is 27.7 Å². The van der Waals surface area contributed by atoms with Crippen LogP contribution in [-0.2, 0) is 0 Å². The lowest BCUT2D eigenvalue weighted by molar-refractivity contribution is 0.0692. The number of nitrogens with zero attached hydrogens (tertiary/aromatic N) is 3. The third-order valence-electron chi connectivity index (χ3n) is 4.77. The van der Waals surface area contributed by atoms with Gasteiger partial charge in [0, 0.05) is 56.7 Å². The largest absolute Gasteiger partial charge is 0.392 e. The van der Waals surface area contributed by atoms with Gasteiger partial charge in [0.25, 0.3) is 0 Å². The number of nitrogens with one attached hydrogen (secondary N) is 1. The number of aliphatic hydroxyl groups is 1. The molecule has 1 aromatic rings. The van der Waals surface area contributed by atoms with Crippen LogP contribution in [0, 0.1) is 0 Å². The second-order valence-corrected chi connectivity index (χ2v) is 7.34. The first-order chi connectivity index (χ1) is 11.8. The molecule has 0 aromatic heterocycles. The summed E-state index contributed by atoms with van der Waals surface area (Å²) >= 11 is 0. The number of hydrogen-bond acceptors (Lipinski definition) is 4. The third-order valence-corrected chi connectivity index (χ3v) is 4.77. The molecule has 1 aromatic carbocycles. The molecule has 0 aliphatic carbocycles. The Balaban J connectivity index is 1.97. The van der Waals surface area contributed by atoms with Crippen LogP contribution in [0.3, 0.4) is 0 Å². The topological polar surface area (TPSA) is 59.1 Å². The van der Waals surface area contributed by atoms with Crippen LogP contribution in [-0.4, -0.2) is 72.4 Å². The second-order valence-electron chi connectivity index (χ2n) is 7.34.